The van der Waals surface area contributed by atoms with E-state index in [-0.39, 0.29) is 24.0 Å². The fourth-order valence-electron chi connectivity index (χ4n) is 3.72. The zero-order valence-corrected chi connectivity index (χ0v) is 20.0. The minimum atomic E-state index is 0. The van der Waals surface area contributed by atoms with E-state index in [0.29, 0.717) is 25.1 Å². The normalized spacial score (nSPS) is 21.1. The minimum Gasteiger partial charge on any atom is -0.396 e. The van der Waals surface area contributed by atoms with Crippen LogP contribution in [0.3, 0.4) is 0 Å². The Balaban J connectivity index is 0.00000280. The second-order valence-electron chi connectivity index (χ2n) is 7.53. The van der Waals surface area contributed by atoms with Crippen molar-refractivity contribution in [3.8, 4) is 0 Å². The molecular weight excluding hydrogens is 483 g/mol. The number of aliphatic hydroxyl groups excluding tert-OH is 1. The second kappa shape index (κ2) is 12.8. The predicted molar refractivity (Wildman–Crippen MR) is 132 cm³/mol. The van der Waals surface area contributed by atoms with E-state index in [2.05, 4.69) is 46.7 Å². The highest BCUT2D eigenvalue weighted by Crippen LogP contribution is 2.23. The molecule has 0 amide bonds. The molecule has 3 N–H and O–H groups in total. The van der Waals surface area contributed by atoms with Crippen molar-refractivity contribution in [3.63, 3.8) is 0 Å². The van der Waals surface area contributed by atoms with Crippen molar-refractivity contribution in [1.29, 1.82) is 0 Å². The maximum atomic E-state index is 9.29. The molecule has 0 bridgehead atoms. The Morgan fingerprint density at radius 2 is 1.96 bits per heavy atom. The van der Waals surface area contributed by atoms with Crippen LogP contribution in [0.5, 0.6) is 0 Å². The van der Waals surface area contributed by atoms with Crippen molar-refractivity contribution in [2.75, 3.05) is 42.6 Å². The number of hydrogen-bond acceptors (Lipinski definition) is 4. The van der Waals surface area contributed by atoms with Gasteiger partial charge in [-0.05, 0) is 62.0 Å². The number of piperidine rings is 1. The molecule has 158 valence electrons. The van der Waals surface area contributed by atoms with Crippen LogP contribution in [0.1, 0.15) is 38.2 Å². The summed E-state index contributed by atoms with van der Waals surface area (Å²) in [4.78, 5) is 7.21. The topological polar surface area (TPSA) is 59.9 Å². The fraction of sp³-hybridized carbons (Fsp3) is 0.667. The lowest BCUT2D eigenvalue weighted by atomic mass is 9.97. The number of aliphatic imine (C=N–C) groups is 1. The van der Waals surface area contributed by atoms with E-state index in [4.69, 9.17) is 4.99 Å². The van der Waals surface area contributed by atoms with E-state index in [1.165, 1.54) is 35.6 Å². The zero-order chi connectivity index (χ0) is 18.9. The number of nitrogens with one attached hydrogen (secondary N) is 2. The van der Waals surface area contributed by atoms with Crippen LogP contribution in [0.4, 0.5) is 5.69 Å². The van der Waals surface area contributed by atoms with Crippen molar-refractivity contribution in [2.45, 2.75) is 45.2 Å². The molecule has 0 spiro atoms. The van der Waals surface area contributed by atoms with Gasteiger partial charge in [0.25, 0.3) is 0 Å². The number of halogens is 1. The number of guanidine groups is 1. The summed E-state index contributed by atoms with van der Waals surface area (Å²) in [5.74, 6) is 3.87. The van der Waals surface area contributed by atoms with Gasteiger partial charge in [0.1, 0.15) is 0 Å². The van der Waals surface area contributed by atoms with Gasteiger partial charge in [-0.1, -0.05) is 12.1 Å². The molecule has 1 aromatic rings. The molecule has 2 fully saturated rings. The number of nitrogens with zero attached hydrogens (tertiary/aromatic N) is 2. The maximum Gasteiger partial charge on any atom is 0.191 e. The third-order valence-electron chi connectivity index (χ3n) is 5.44. The van der Waals surface area contributed by atoms with Crippen LogP contribution in [-0.2, 0) is 6.54 Å². The summed E-state index contributed by atoms with van der Waals surface area (Å²) in [5, 5.41) is 16.3. The van der Waals surface area contributed by atoms with E-state index in [1.54, 1.807) is 0 Å². The number of hydrogen-bond donors (Lipinski definition) is 3. The summed E-state index contributed by atoms with van der Waals surface area (Å²) in [6.45, 7) is 6.10. The largest absolute Gasteiger partial charge is 0.396 e. The number of rotatable bonds is 6. The molecule has 2 aliphatic rings. The van der Waals surface area contributed by atoms with Crippen molar-refractivity contribution >= 4 is 47.4 Å². The molecule has 2 heterocycles. The van der Waals surface area contributed by atoms with Crippen LogP contribution >= 0.6 is 35.7 Å². The molecule has 5 nitrogen and oxygen atoms in total. The number of thioether (sulfide) groups is 1. The summed E-state index contributed by atoms with van der Waals surface area (Å²) in [5.41, 5.74) is 2.52. The number of benzene rings is 1. The molecule has 0 radical (unpaired) electrons. The third kappa shape index (κ3) is 7.30. The van der Waals surface area contributed by atoms with Gasteiger partial charge < -0.3 is 20.6 Å². The van der Waals surface area contributed by atoms with E-state index in [1.807, 2.05) is 11.8 Å². The first kappa shape index (κ1) is 23.6. The molecule has 3 rings (SSSR count). The summed E-state index contributed by atoms with van der Waals surface area (Å²) < 4.78 is 0. The second-order valence-corrected chi connectivity index (χ2v) is 8.68. The van der Waals surface area contributed by atoms with Gasteiger partial charge in [-0.3, -0.25) is 0 Å². The first-order valence-corrected chi connectivity index (χ1v) is 11.5. The van der Waals surface area contributed by atoms with Gasteiger partial charge in [-0.2, -0.15) is 11.8 Å². The average molecular weight is 519 g/mol. The minimum absolute atomic E-state index is 0. The summed E-state index contributed by atoms with van der Waals surface area (Å²) >= 11 is 2.03. The highest BCUT2D eigenvalue weighted by atomic mass is 127. The predicted octanol–water partition coefficient (Wildman–Crippen LogP) is 3.46. The van der Waals surface area contributed by atoms with Gasteiger partial charge in [-0.15, -0.1) is 24.0 Å². The van der Waals surface area contributed by atoms with Gasteiger partial charge >= 0.3 is 0 Å². The van der Waals surface area contributed by atoms with Crippen molar-refractivity contribution in [1.82, 2.24) is 10.6 Å². The zero-order valence-electron chi connectivity index (χ0n) is 16.9. The molecule has 1 unspecified atom stereocenters. The lowest BCUT2D eigenvalue weighted by Gasteiger charge is -2.32. The van der Waals surface area contributed by atoms with Crippen LogP contribution in [0.2, 0.25) is 0 Å². The molecule has 2 saturated heterocycles. The highest BCUT2D eigenvalue weighted by molar-refractivity contribution is 14.0. The van der Waals surface area contributed by atoms with E-state index >= 15 is 0 Å². The van der Waals surface area contributed by atoms with Gasteiger partial charge in [0.2, 0.25) is 0 Å². The van der Waals surface area contributed by atoms with Crippen LogP contribution in [0.15, 0.2) is 29.3 Å². The molecule has 1 aromatic carbocycles. The standard InChI is InChI=1S/C21H34N4OS.HI/c1-2-22-21(24-19-4-3-13-27-16-19)23-14-17-5-7-20(8-6-17)25-11-9-18(15-26)10-12-25;/h5-8,18-19,26H,2-4,9-16H2,1H3,(H2,22,23,24);1H. The van der Waals surface area contributed by atoms with Crippen LogP contribution in [0.25, 0.3) is 0 Å². The summed E-state index contributed by atoms with van der Waals surface area (Å²) in [6.07, 6.45) is 4.69. The first-order valence-electron chi connectivity index (χ1n) is 10.4. The highest BCUT2D eigenvalue weighted by Gasteiger charge is 2.18. The van der Waals surface area contributed by atoms with Gasteiger partial charge in [-0.25, -0.2) is 4.99 Å². The monoisotopic (exact) mass is 518 g/mol. The number of aliphatic hydroxyl groups is 1. The van der Waals surface area contributed by atoms with Crippen LogP contribution in [0, 0.1) is 5.92 Å². The molecule has 2 aliphatic heterocycles. The van der Waals surface area contributed by atoms with E-state index in [9.17, 15) is 5.11 Å². The van der Waals surface area contributed by atoms with Gasteiger partial charge in [0.05, 0.1) is 6.54 Å². The Morgan fingerprint density at radius 1 is 1.21 bits per heavy atom. The van der Waals surface area contributed by atoms with Crippen molar-refractivity contribution in [2.24, 2.45) is 10.9 Å². The first-order chi connectivity index (χ1) is 13.3. The Hall–Kier alpha value is -0.670. The Morgan fingerprint density at radius 3 is 2.57 bits per heavy atom. The summed E-state index contributed by atoms with van der Waals surface area (Å²) in [7, 11) is 0. The van der Waals surface area contributed by atoms with Gasteiger partial charge in [0.15, 0.2) is 5.96 Å². The molecule has 0 aliphatic carbocycles. The molecule has 0 saturated carbocycles. The average Bonchev–Trinajstić information content (AvgIpc) is 2.73. The smallest absolute Gasteiger partial charge is 0.191 e. The lowest BCUT2D eigenvalue weighted by molar-refractivity contribution is 0.203. The SMILES string of the molecule is CCNC(=NCc1ccc(N2CCC(CO)CC2)cc1)NC1CCCSC1.I. The van der Waals surface area contributed by atoms with E-state index in [0.717, 1.165) is 38.4 Å². The van der Waals surface area contributed by atoms with Crippen molar-refractivity contribution < 1.29 is 5.11 Å². The van der Waals surface area contributed by atoms with E-state index < -0.39 is 0 Å². The quantitative estimate of drug-likeness (QED) is 0.306. The van der Waals surface area contributed by atoms with Gasteiger partial charge in [0, 0.05) is 43.7 Å². The molecule has 28 heavy (non-hydrogen) atoms. The Bertz CT molecular complexity index is 585. The van der Waals surface area contributed by atoms with Crippen LogP contribution < -0.4 is 15.5 Å². The molecular formula is C21H35IN4OS. The number of anilines is 1. The third-order valence-corrected chi connectivity index (χ3v) is 6.65. The molecule has 0 aromatic heterocycles. The molecule has 7 heteroatoms. The maximum absolute atomic E-state index is 9.29. The molecule has 1 atom stereocenters. The Labute approximate surface area is 191 Å². The summed E-state index contributed by atoms with van der Waals surface area (Å²) in [6, 6.07) is 9.34. The van der Waals surface area contributed by atoms with Crippen LogP contribution in [-0.4, -0.2) is 54.9 Å². The Kier molecular flexibility index (Phi) is 10.8. The lowest BCUT2D eigenvalue weighted by Crippen LogP contribution is -2.45. The van der Waals surface area contributed by atoms with Crippen molar-refractivity contribution in [3.05, 3.63) is 29.8 Å². The fourth-order valence-corrected chi connectivity index (χ4v) is 4.80.